The van der Waals surface area contributed by atoms with Gasteiger partial charge in [0.15, 0.2) is 0 Å². The Balaban J connectivity index is 5.09. The Kier molecular flexibility index (Phi) is 8.13. The first kappa shape index (κ1) is 17.9. The van der Waals surface area contributed by atoms with Crippen LogP contribution in [0.15, 0.2) is 0 Å². The number of nitrogens with zero attached hydrogens (tertiary/aromatic N) is 1. The molecule has 0 spiro atoms. The van der Waals surface area contributed by atoms with E-state index in [1.807, 2.05) is 0 Å². The Morgan fingerprint density at radius 1 is 1.06 bits per heavy atom. The van der Waals surface area contributed by atoms with Gasteiger partial charge >= 0.3 is 0 Å². The number of rotatable bonds is 9. The maximum atomic E-state index is 6.19. The smallest absolute Gasteiger partial charge is 0.0334 e. The minimum Gasteiger partial charge on any atom is -0.329 e. The molecule has 0 aliphatic heterocycles. The van der Waals surface area contributed by atoms with Crippen molar-refractivity contribution >= 4 is 0 Å². The highest BCUT2D eigenvalue weighted by atomic mass is 15.2. The van der Waals surface area contributed by atoms with E-state index in [9.17, 15) is 0 Å². The Hall–Kier alpha value is -0.0800. The van der Waals surface area contributed by atoms with Crippen molar-refractivity contribution in [1.82, 2.24) is 4.90 Å². The highest BCUT2D eigenvalue weighted by Gasteiger charge is 2.36. The molecule has 18 heavy (non-hydrogen) atoms. The molecule has 2 heteroatoms. The molecule has 2 unspecified atom stereocenters. The van der Waals surface area contributed by atoms with Crippen molar-refractivity contribution in [3.63, 3.8) is 0 Å². The SMILES string of the molecule is CCC(C)CC(CC)(CN)N(CC(C)C)C(C)C. The van der Waals surface area contributed by atoms with Crippen molar-refractivity contribution in [1.29, 1.82) is 0 Å². The van der Waals surface area contributed by atoms with Crippen molar-refractivity contribution < 1.29 is 0 Å². The van der Waals surface area contributed by atoms with Crippen molar-refractivity contribution in [3.8, 4) is 0 Å². The summed E-state index contributed by atoms with van der Waals surface area (Å²) in [6.45, 7) is 18.1. The van der Waals surface area contributed by atoms with Gasteiger partial charge in [0.1, 0.15) is 0 Å². The van der Waals surface area contributed by atoms with Crippen LogP contribution < -0.4 is 5.73 Å². The summed E-state index contributed by atoms with van der Waals surface area (Å²) in [6.07, 6.45) is 3.62. The molecule has 0 fully saturated rings. The summed E-state index contributed by atoms with van der Waals surface area (Å²) in [5, 5.41) is 0. The minimum absolute atomic E-state index is 0.188. The maximum Gasteiger partial charge on any atom is 0.0334 e. The normalized spacial score (nSPS) is 17.5. The van der Waals surface area contributed by atoms with E-state index in [-0.39, 0.29) is 5.54 Å². The Morgan fingerprint density at radius 2 is 1.61 bits per heavy atom. The molecule has 0 radical (unpaired) electrons. The predicted octanol–water partition coefficient (Wildman–Crippen LogP) is 3.90. The fourth-order valence-electron chi connectivity index (χ4n) is 2.95. The van der Waals surface area contributed by atoms with Gasteiger partial charge < -0.3 is 5.73 Å². The van der Waals surface area contributed by atoms with Crippen LogP contribution in [0.1, 0.15) is 67.7 Å². The summed E-state index contributed by atoms with van der Waals surface area (Å²) in [5.74, 6) is 1.45. The quantitative estimate of drug-likeness (QED) is 0.678. The van der Waals surface area contributed by atoms with Gasteiger partial charge in [-0.3, -0.25) is 4.90 Å². The molecule has 2 nitrogen and oxygen atoms in total. The van der Waals surface area contributed by atoms with E-state index < -0.39 is 0 Å². The molecular formula is C16H36N2. The molecule has 0 aromatic carbocycles. The van der Waals surface area contributed by atoms with E-state index in [4.69, 9.17) is 5.73 Å². The molecule has 0 aromatic heterocycles. The average molecular weight is 256 g/mol. The lowest BCUT2D eigenvalue weighted by atomic mass is 9.81. The van der Waals surface area contributed by atoms with Crippen LogP contribution in [-0.4, -0.2) is 29.6 Å². The summed E-state index contributed by atoms with van der Waals surface area (Å²) in [5.41, 5.74) is 6.38. The van der Waals surface area contributed by atoms with Gasteiger partial charge in [-0.15, -0.1) is 0 Å². The summed E-state index contributed by atoms with van der Waals surface area (Å²) < 4.78 is 0. The summed E-state index contributed by atoms with van der Waals surface area (Å²) >= 11 is 0. The minimum atomic E-state index is 0.188. The molecule has 110 valence electrons. The Morgan fingerprint density at radius 3 is 1.89 bits per heavy atom. The molecule has 0 aliphatic carbocycles. The van der Waals surface area contributed by atoms with Gasteiger partial charge in [-0.25, -0.2) is 0 Å². The lowest BCUT2D eigenvalue weighted by Gasteiger charge is -2.47. The first-order chi connectivity index (χ1) is 8.32. The van der Waals surface area contributed by atoms with Crippen molar-refractivity contribution in [3.05, 3.63) is 0 Å². The standard InChI is InChI=1S/C16H36N2/c1-8-15(7)10-16(9-2,12-17)18(14(5)6)11-13(3)4/h13-15H,8-12,17H2,1-7H3. The summed E-state index contributed by atoms with van der Waals surface area (Å²) in [6, 6.07) is 0.569. The van der Waals surface area contributed by atoms with E-state index in [2.05, 4.69) is 53.4 Å². The summed E-state index contributed by atoms with van der Waals surface area (Å²) in [7, 11) is 0. The van der Waals surface area contributed by atoms with Crippen LogP contribution in [0.25, 0.3) is 0 Å². The van der Waals surface area contributed by atoms with E-state index >= 15 is 0 Å². The second-order valence-electron chi connectivity index (χ2n) is 6.64. The van der Waals surface area contributed by atoms with Gasteiger partial charge in [0.05, 0.1) is 0 Å². The molecule has 0 heterocycles. The monoisotopic (exact) mass is 256 g/mol. The topological polar surface area (TPSA) is 29.3 Å². The van der Waals surface area contributed by atoms with Crippen LogP contribution in [-0.2, 0) is 0 Å². The number of hydrogen-bond donors (Lipinski definition) is 1. The van der Waals surface area contributed by atoms with Gasteiger partial charge in [0.2, 0.25) is 0 Å². The van der Waals surface area contributed by atoms with Crippen LogP contribution in [0.3, 0.4) is 0 Å². The van der Waals surface area contributed by atoms with Gasteiger partial charge in [-0.2, -0.15) is 0 Å². The van der Waals surface area contributed by atoms with E-state index in [0.29, 0.717) is 12.0 Å². The average Bonchev–Trinajstić information content (AvgIpc) is 2.32. The first-order valence-corrected chi connectivity index (χ1v) is 7.79. The van der Waals surface area contributed by atoms with Crippen molar-refractivity contribution in [2.24, 2.45) is 17.6 Å². The third kappa shape index (κ3) is 4.89. The molecule has 2 atom stereocenters. The molecule has 0 saturated carbocycles. The predicted molar refractivity (Wildman–Crippen MR) is 82.8 cm³/mol. The molecule has 0 rings (SSSR count). The third-order valence-corrected chi connectivity index (χ3v) is 4.26. The molecule has 0 amide bonds. The van der Waals surface area contributed by atoms with E-state index in [1.54, 1.807) is 0 Å². The van der Waals surface area contributed by atoms with Gasteiger partial charge in [-0.05, 0) is 38.5 Å². The molecule has 0 bridgehead atoms. The third-order valence-electron chi connectivity index (χ3n) is 4.26. The van der Waals surface area contributed by atoms with Crippen LogP contribution in [0.4, 0.5) is 0 Å². The molecule has 0 aliphatic rings. The van der Waals surface area contributed by atoms with Crippen LogP contribution in [0, 0.1) is 11.8 Å². The molecular weight excluding hydrogens is 220 g/mol. The first-order valence-electron chi connectivity index (χ1n) is 7.79. The van der Waals surface area contributed by atoms with Gasteiger partial charge in [0, 0.05) is 24.7 Å². The lowest BCUT2D eigenvalue weighted by molar-refractivity contribution is 0.0275. The van der Waals surface area contributed by atoms with Crippen LogP contribution >= 0.6 is 0 Å². The van der Waals surface area contributed by atoms with Crippen molar-refractivity contribution in [2.75, 3.05) is 13.1 Å². The van der Waals surface area contributed by atoms with E-state index in [1.165, 1.54) is 12.8 Å². The van der Waals surface area contributed by atoms with Gasteiger partial charge in [-0.1, -0.05) is 41.0 Å². The maximum absolute atomic E-state index is 6.19. The Bertz CT molecular complexity index is 207. The van der Waals surface area contributed by atoms with Crippen molar-refractivity contribution in [2.45, 2.75) is 79.3 Å². The molecule has 2 N–H and O–H groups in total. The van der Waals surface area contributed by atoms with Crippen LogP contribution in [0.5, 0.6) is 0 Å². The number of hydrogen-bond acceptors (Lipinski definition) is 2. The zero-order valence-corrected chi connectivity index (χ0v) is 13.8. The highest BCUT2D eigenvalue weighted by molar-refractivity contribution is 4.93. The molecule has 0 saturated heterocycles. The fraction of sp³-hybridized carbons (Fsp3) is 1.00. The fourth-order valence-corrected chi connectivity index (χ4v) is 2.95. The Labute approximate surface area is 115 Å². The second-order valence-corrected chi connectivity index (χ2v) is 6.64. The summed E-state index contributed by atoms with van der Waals surface area (Å²) in [4.78, 5) is 2.66. The largest absolute Gasteiger partial charge is 0.329 e. The zero-order valence-electron chi connectivity index (χ0n) is 13.8. The number of nitrogens with two attached hydrogens (primary N) is 1. The zero-order chi connectivity index (χ0) is 14.3. The molecule has 0 aromatic rings. The lowest BCUT2D eigenvalue weighted by Crippen LogP contribution is -2.58. The van der Waals surface area contributed by atoms with Gasteiger partial charge in [0.25, 0.3) is 0 Å². The second kappa shape index (κ2) is 8.16. The highest BCUT2D eigenvalue weighted by Crippen LogP contribution is 2.31. The van der Waals surface area contributed by atoms with E-state index in [0.717, 1.165) is 25.4 Å². The van der Waals surface area contributed by atoms with Crippen LogP contribution in [0.2, 0.25) is 0 Å².